The molecule has 5 nitrogen and oxygen atoms in total. The van der Waals surface area contributed by atoms with E-state index >= 15 is 0 Å². The molecule has 3 N–H and O–H groups in total. The fourth-order valence-electron chi connectivity index (χ4n) is 1.64. The number of anilines is 2. The minimum atomic E-state index is 0.463. The first-order valence-corrected chi connectivity index (χ1v) is 6.41. The lowest BCUT2D eigenvalue weighted by molar-refractivity contribution is 0.124. The maximum Gasteiger partial charge on any atom is 0.238 e. The molecule has 1 aliphatic carbocycles. The highest BCUT2D eigenvalue weighted by atomic mass is 16.5. The number of nitrogen functional groups attached to an aromatic ring is 1. The number of hydrogen-bond acceptors (Lipinski definition) is 5. The lowest BCUT2D eigenvalue weighted by Crippen LogP contribution is -2.08. The van der Waals surface area contributed by atoms with E-state index in [1.54, 1.807) is 13.2 Å². The molecule has 5 heteroatoms. The number of nitrogens with one attached hydrogen (secondary N) is 1. The molecule has 2 rings (SSSR count). The van der Waals surface area contributed by atoms with E-state index < -0.39 is 0 Å². The van der Waals surface area contributed by atoms with Gasteiger partial charge in [0.25, 0.3) is 0 Å². The Morgan fingerprint density at radius 1 is 1.44 bits per heavy atom. The summed E-state index contributed by atoms with van der Waals surface area (Å²) in [5.74, 6) is 2.08. The third kappa shape index (κ3) is 4.07. The topological polar surface area (TPSA) is 69.4 Å². The van der Waals surface area contributed by atoms with E-state index in [-0.39, 0.29) is 0 Å². The summed E-state index contributed by atoms with van der Waals surface area (Å²) in [5, 5.41) is 3.22. The van der Waals surface area contributed by atoms with Gasteiger partial charge in [0.2, 0.25) is 5.88 Å². The molecule has 1 aliphatic rings. The van der Waals surface area contributed by atoms with Crippen molar-refractivity contribution in [3.05, 3.63) is 12.1 Å². The van der Waals surface area contributed by atoms with Crippen molar-refractivity contribution in [1.29, 1.82) is 0 Å². The van der Waals surface area contributed by atoms with Crippen molar-refractivity contribution in [3.63, 3.8) is 0 Å². The van der Waals surface area contributed by atoms with Crippen molar-refractivity contribution in [2.24, 2.45) is 5.92 Å². The van der Waals surface area contributed by atoms with E-state index in [0.717, 1.165) is 37.9 Å². The predicted octanol–water partition coefficient (Wildman–Crippen LogP) is 1.90. The molecular weight excluding hydrogens is 230 g/mol. The summed E-state index contributed by atoms with van der Waals surface area (Å²) in [6.07, 6.45) is 3.65. The van der Waals surface area contributed by atoms with Crippen molar-refractivity contribution in [2.75, 3.05) is 37.9 Å². The SMILES string of the molecule is COc1nc(NCCCOCC2CC2)ccc1N. The Bertz CT molecular complexity index is 380. The third-order valence-electron chi connectivity index (χ3n) is 2.91. The van der Waals surface area contributed by atoms with Crippen LogP contribution in [0.2, 0.25) is 0 Å². The van der Waals surface area contributed by atoms with Crippen LogP contribution in [0.3, 0.4) is 0 Å². The van der Waals surface area contributed by atoms with E-state index in [1.165, 1.54) is 12.8 Å². The fourth-order valence-corrected chi connectivity index (χ4v) is 1.64. The lowest BCUT2D eigenvalue weighted by Gasteiger charge is -2.08. The van der Waals surface area contributed by atoms with Crippen LogP contribution in [0.5, 0.6) is 5.88 Å². The maximum absolute atomic E-state index is 5.69. The minimum Gasteiger partial charge on any atom is -0.479 e. The van der Waals surface area contributed by atoms with E-state index in [2.05, 4.69) is 10.3 Å². The van der Waals surface area contributed by atoms with Crippen LogP contribution in [0, 0.1) is 5.92 Å². The zero-order valence-electron chi connectivity index (χ0n) is 10.8. The molecule has 0 amide bonds. The van der Waals surface area contributed by atoms with Crippen LogP contribution in [0.1, 0.15) is 19.3 Å². The van der Waals surface area contributed by atoms with Crippen molar-refractivity contribution in [1.82, 2.24) is 4.98 Å². The first kappa shape index (κ1) is 13.0. The van der Waals surface area contributed by atoms with Gasteiger partial charge in [0.05, 0.1) is 12.8 Å². The van der Waals surface area contributed by atoms with Crippen LogP contribution in [0.25, 0.3) is 0 Å². The Morgan fingerprint density at radius 2 is 2.28 bits per heavy atom. The van der Waals surface area contributed by atoms with Crippen molar-refractivity contribution < 1.29 is 9.47 Å². The summed E-state index contributed by atoms with van der Waals surface area (Å²) in [4.78, 5) is 4.25. The predicted molar refractivity (Wildman–Crippen MR) is 71.9 cm³/mol. The second kappa shape index (κ2) is 6.44. The van der Waals surface area contributed by atoms with Gasteiger partial charge in [0.15, 0.2) is 0 Å². The molecule has 0 aliphatic heterocycles. The molecule has 1 fully saturated rings. The Balaban J connectivity index is 1.62. The molecular formula is C13H21N3O2. The van der Waals surface area contributed by atoms with Crippen molar-refractivity contribution >= 4 is 11.5 Å². The second-order valence-electron chi connectivity index (χ2n) is 4.59. The molecule has 18 heavy (non-hydrogen) atoms. The standard InChI is InChI=1S/C13H21N3O2/c1-17-13-11(14)5-6-12(16-13)15-7-2-8-18-9-10-3-4-10/h5-6,10H,2-4,7-9,14H2,1H3,(H,15,16). The summed E-state index contributed by atoms with van der Waals surface area (Å²) in [6.45, 7) is 2.56. The van der Waals surface area contributed by atoms with Gasteiger partial charge in [-0.05, 0) is 37.3 Å². The highest BCUT2D eigenvalue weighted by Crippen LogP contribution is 2.28. The van der Waals surface area contributed by atoms with Gasteiger partial charge in [-0.15, -0.1) is 0 Å². The minimum absolute atomic E-state index is 0.463. The van der Waals surface area contributed by atoms with Crippen LogP contribution in [0.4, 0.5) is 11.5 Å². The maximum atomic E-state index is 5.69. The first-order chi connectivity index (χ1) is 8.79. The van der Waals surface area contributed by atoms with Crippen molar-refractivity contribution in [3.8, 4) is 5.88 Å². The van der Waals surface area contributed by atoms with Gasteiger partial charge in [-0.1, -0.05) is 0 Å². The van der Waals surface area contributed by atoms with Gasteiger partial charge < -0.3 is 20.5 Å². The van der Waals surface area contributed by atoms with Gasteiger partial charge >= 0.3 is 0 Å². The first-order valence-electron chi connectivity index (χ1n) is 6.41. The molecule has 1 heterocycles. The fraction of sp³-hybridized carbons (Fsp3) is 0.615. The summed E-state index contributed by atoms with van der Waals surface area (Å²) >= 11 is 0. The molecule has 1 saturated carbocycles. The summed E-state index contributed by atoms with van der Waals surface area (Å²) in [5.41, 5.74) is 6.24. The Morgan fingerprint density at radius 3 is 3.00 bits per heavy atom. The molecule has 1 aromatic rings. The third-order valence-corrected chi connectivity index (χ3v) is 2.91. The van der Waals surface area contributed by atoms with E-state index in [4.69, 9.17) is 15.2 Å². The van der Waals surface area contributed by atoms with E-state index in [1.807, 2.05) is 6.07 Å². The summed E-state index contributed by atoms with van der Waals surface area (Å²) < 4.78 is 10.6. The van der Waals surface area contributed by atoms with E-state index in [0.29, 0.717) is 11.6 Å². The summed E-state index contributed by atoms with van der Waals surface area (Å²) in [6, 6.07) is 3.64. The average molecular weight is 251 g/mol. The molecule has 0 unspecified atom stereocenters. The number of ether oxygens (including phenoxy) is 2. The van der Waals surface area contributed by atoms with Crippen LogP contribution >= 0.6 is 0 Å². The number of nitrogens with zero attached hydrogens (tertiary/aromatic N) is 1. The Kier molecular flexibility index (Phi) is 4.64. The number of hydrogen-bond donors (Lipinski definition) is 2. The quantitative estimate of drug-likeness (QED) is 0.691. The molecule has 0 atom stereocenters. The van der Waals surface area contributed by atoms with E-state index in [9.17, 15) is 0 Å². The monoisotopic (exact) mass is 251 g/mol. The summed E-state index contributed by atoms with van der Waals surface area (Å²) in [7, 11) is 1.56. The normalized spacial score (nSPS) is 14.5. The van der Waals surface area contributed by atoms with Gasteiger partial charge in [0.1, 0.15) is 5.82 Å². The molecule has 0 bridgehead atoms. The average Bonchev–Trinajstić information content (AvgIpc) is 3.19. The molecule has 1 aromatic heterocycles. The molecule has 0 spiro atoms. The van der Waals surface area contributed by atoms with Gasteiger partial charge in [-0.2, -0.15) is 4.98 Å². The van der Waals surface area contributed by atoms with Gasteiger partial charge in [0, 0.05) is 19.8 Å². The number of nitrogens with two attached hydrogens (primary N) is 1. The second-order valence-corrected chi connectivity index (χ2v) is 4.59. The number of rotatable bonds is 8. The van der Waals surface area contributed by atoms with Gasteiger partial charge in [-0.25, -0.2) is 0 Å². The van der Waals surface area contributed by atoms with Crippen LogP contribution < -0.4 is 15.8 Å². The Labute approximate surface area is 108 Å². The van der Waals surface area contributed by atoms with Crippen LogP contribution in [0.15, 0.2) is 12.1 Å². The highest BCUT2D eigenvalue weighted by Gasteiger charge is 2.20. The zero-order valence-corrected chi connectivity index (χ0v) is 10.8. The molecule has 0 radical (unpaired) electrons. The van der Waals surface area contributed by atoms with Crippen LogP contribution in [-0.4, -0.2) is 31.9 Å². The lowest BCUT2D eigenvalue weighted by atomic mass is 10.4. The Hall–Kier alpha value is -1.49. The van der Waals surface area contributed by atoms with Crippen molar-refractivity contribution in [2.45, 2.75) is 19.3 Å². The molecule has 0 aromatic carbocycles. The largest absolute Gasteiger partial charge is 0.479 e. The van der Waals surface area contributed by atoms with Crippen LogP contribution in [-0.2, 0) is 4.74 Å². The highest BCUT2D eigenvalue weighted by molar-refractivity contribution is 5.53. The smallest absolute Gasteiger partial charge is 0.238 e. The molecule has 0 saturated heterocycles. The zero-order chi connectivity index (χ0) is 12.8. The number of pyridine rings is 1. The molecule has 100 valence electrons. The number of methoxy groups -OCH3 is 1. The van der Waals surface area contributed by atoms with Gasteiger partial charge in [-0.3, -0.25) is 0 Å². The number of aromatic nitrogens is 1.